The van der Waals surface area contributed by atoms with Crippen molar-refractivity contribution in [1.82, 2.24) is 10.2 Å². The van der Waals surface area contributed by atoms with Crippen molar-refractivity contribution in [3.63, 3.8) is 0 Å². The number of nitrogens with zero attached hydrogens (tertiary/aromatic N) is 1. The average Bonchev–Trinajstić information content (AvgIpc) is 2.56. The molecule has 0 aromatic carbocycles. The number of hydrogen-bond acceptors (Lipinski definition) is 4. The molecular formula is C19H38N2O4. The number of nitrogens with one attached hydrogen (secondary N) is 1. The first-order valence-electron chi connectivity index (χ1n) is 9.83. The average molecular weight is 359 g/mol. The fraction of sp³-hybridized carbons (Fsp3) is 0.895. The summed E-state index contributed by atoms with van der Waals surface area (Å²) >= 11 is 0. The monoisotopic (exact) mass is 358 g/mol. The Morgan fingerprint density at radius 2 is 1.48 bits per heavy atom. The normalized spacial score (nSPS) is 13.4. The van der Waals surface area contributed by atoms with Gasteiger partial charge in [-0.25, -0.2) is 0 Å². The highest BCUT2D eigenvalue weighted by Gasteiger charge is 2.18. The molecule has 0 aromatic rings. The van der Waals surface area contributed by atoms with E-state index in [1.54, 1.807) is 13.8 Å². The third-order valence-electron chi connectivity index (χ3n) is 4.44. The summed E-state index contributed by atoms with van der Waals surface area (Å²) in [4.78, 5) is 24.4. The van der Waals surface area contributed by atoms with Gasteiger partial charge in [-0.2, -0.15) is 0 Å². The van der Waals surface area contributed by atoms with Crippen LogP contribution >= 0.6 is 0 Å². The van der Waals surface area contributed by atoms with Crippen LogP contribution in [0.2, 0.25) is 0 Å². The number of amides is 1. The molecule has 6 heteroatoms. The number of aliphatic hydroxyl groups excluding tert-OH is 1. The maximum Gasteiger partial charge on any atom is 0.320 e. The van der Waals surface area contributed by atoms with Crippen molar-refractivity contribution in [1.29, 1.82) is 0 Å². The lowest BCUT2D eigenvalue weighted by molar-refractivity contribution is -0.140. The molecule has 6 nitrogen and oxygen atoms in total. The highest BCUT2D eigenvalue weighted by Crippen LogP contribution is 2.11. The number of aliphatic hydroxyl groups is 1. The molecule has 3 N–H and O–H groups in total. The van der Waals surface area contributed by atoms with E-state index >= 15 is 0 Å². The summed E-state index contributed by atoms with van der Waals surface area (Å²) < 4.78 is 0. The first-order chi connectivity index (χ1) is 11.9. The molecule has 0 radical (unpaired) electrons. The van der Waals surface area contributed by atoms with Gasteiger partial charge in [-0.1, -0.05) is 58.3 Å². The van der Waals surface area contributed by atoms with Gasteiger partial charge < -0.3 is 20.4 Å². The van der Waals surface area contributed by atoms with Gasteiger partial charge in [0.05, 0.1) is 0 Å². The first kappa shape index (κ1) is 23.9. The molecule has 0 rings (SSSR count). The van der Waals surface area contributed by atoms with Crippen molar-refractivity contribution >= 4 is 11.9 Å². The molecule has 0 bridgehead atoms. The lowest BCUT2D eigenvalue weighted by Crippen LogP contribution is -2.45. The summed E-state index contributed by atoms with van der Waals surface area (Å²) in [6.07, 6.45) is 10.4. The topological polar surface area (TPSA) is 89.9 Å². The standard InChI is InChI=1S/C19H38N2O4/c1-4-5-6-7-8-9-10-11-12-13-18(23)21(17(3)22)15-14-20-16(2)19(24)25/h16-17,20,22H,4-15H2,1-3H3,(H,24,25). The molecule has 0 heterocycles. The molecule has 0 fully saturated rings. The second-order valence-corrected chi connectivity index (χ2v) is 6.81. The zero-order valence-corrected chi connectivity index (χ0v) is 16.3. The van der Waals surface area contributed by atoms with E-state index in [0.717, 1.165) is 19.3 Å². The number of unbranched alkanes of at least 4 members (excludes halogenated alkanes) is 8. The van der Waals surface area contributed by atoms with Crippen molar-refractivity contribution in [2.24, 2.45) is 0 Å². The number of carbonyl (C=O) groups is 2. The van der Waals surface area contributed by atoms with Crippen LogP contribution < -0.4 is 5.32 Å². The molecule has 2 atom stereocenters. The molecule has 0 aromatic heterocycles. The van der Waals surface area contributed by atoms with Gasteiger partial charge in [0.25, 0.3) is 0 Å². The molecule has 0 aliphatic heterocycles. The van der Waals surface area contributed by atoms with E-state index in [9.17, 15) is 14.7 Å². The minimum Gasteiger partial charge on any atom is -0.480 e. The number of aliphatic carboxylic acids is 1. The van der Waals surface area contributed by atoms with Crippen molar-refractivity contribution in [2.45, 2.75) is 97.2 Å². The number of carbonyl (C=O) groups excluding carboxylic acids is 1. The quantitative estimate of drug-likeness (QED) is 0.291. The second-order valence-electron chi connectivity index (χ2n) is 6.81. The van der Waals surface area contributed by atoms with E-state index in [1.165, 1.54) is 43.4 Å². The number of carboxylic acid groups (broad SMARTS) is 1. The van der Waals surface area contributed by atoms with Crippen LogP contribution in [0.25, 0.3) is 0 Å². The maximum absolute atomic E-state index is 12.2. The number of rotatable bonds is 16. The van der Waals surface area contributed by atoms with Gasteiger partial charge in [0.2, 0.25) is 5.91 Å². The predicted octanol–water partition coefficient (Wildman–Crippen LogP) is 3.14. The molecule has 25 heavy (non-hydrogen) atoms. The predicted molar refractivity (Wildman–Crippen MR) is 100 cm³/mol. The summed E-state index contributed by atoms with van der Waals surface area (Å²) in [5, 5.41) is 21.4. The van der Waals surface area contributed by atoms with Crippen LogP contribution in [-0.2, 0) is 9.59 Å². The summed E-state index contributed by atoms with van der Waals surface area (Å²) in [5.74, 6) is -0.993. The van der Waals surface area contributed by atoms with E-state index in [1.807, 2.05) is 0 Å². The minimum absolute atomic E-state index is 0.0669. The highest BCUT2D eigenvalue weighted by molar-refractivity contribution is 5.76. The van der Waals surface area contributed by atoms with Crippen molar-refractivity contribution in [3.8, 4) is 0 Å². The van der Waals surface area contributed by atoms with E-state index in [0.29, 0.717) is 19.5 Å². The smallest absolute Gasteiger partial charge is 0.320 e. The molecule has 0 aliphatic rings. The van der Waals surface area contributed by atoms with Gasteiger partial charge in [-0.15, -0.1) is 0 Å². The molecule has 0 saturated carbocycles. The van der Waals surface area contributed by atoms with Crippen molar-refractivity contribution in [3.05, 3.63) is 0 Å². The SMILES string of the molecule is CCCCCCCCCCCC(=O)N(CCNC(C)C(=O)O)C(C)O. The van der Waals surface area contributed by atoms with Crippen LogP contribution in [0.15, 0.2) is 0 Å². The highest BCUT2D eigenvalue weighted by atomic mass is 16.4. The zero-order valence-electron chi connectivity index (χ0n) is 16.3. The van der Waals surface area contributed by atoms with Crippen molar-refractivity contribution in [2.75, 3.05) is 13.1 Å². The lowest BCUT2D eigenvalue weighted by Gasteiger charge is -2.26. The molecule has 148 valence electrons. The minimum atomic E-state index is -0.926. The van der Waals surface area contributed by atoms with Gasteiger partial charge in [-0.05, 0) is 20.3 Å². The Balaban J connectivity index is 3.84. The van der Waals surface area contributed by atoms with Crippen LogP contribution in [0, 0.1) is 0 Å². The van der Waals surface area contributed by atoms with Gasteiger partial charge >= 0.3 is 5.97 Å². The lowest BCUT2D eigenvalue weighted by atomic mass is 10.1. The summed E-state index contributed by atoms with van der Waals surface area (Å²) in [5.41, 5.74) is 0. The van der Waals surface area contributed by atoms with E-state index in [-0.39, 0.29) is 5.91 Å². The number of hydrogen-bond donors (Lipinski definition) is 3. The molecular weight excluding hydrogens is 320 g/mol. The molecule has 0 saturated heterocycles. The van der Waals surface area contributed by atoms with Crippen LogP contribution in [-0.4, -0.2) is 52.3 Å². The Bertz CT molecular complexity index is 361. The fourth-order valence-corrected chi connectivity index (χ4v) is 2.74. The number of carboxylic acids is 1. The fourth-order valence-electron chi connectivity index (χ4n) is 2.74. The maximum atomic E-state index is 12.2. The Labute approximate surface area is 153 Å². The second kappa shape index (κ2) is 15.1. The third kappa shape index (κ3) is 12.8. The summed E-state index contributed by atoms with van der Waals surface area (Å²) in [6, 6.07) is -0.664. The summed E-state index contributed by atoms with van der Waals surface area (Å²) in [6.45, 7) is 6.00. The van der Waals surface area contributed by atoms with E-state index in [2.05, 4.69) is 12.2 Å². The third-order valence-corrected chi connectivity index (χ3v) is 4.44. The van der Waals surface area contributed by atoms with Crippen LogP contribution in [0.1, 0.15) is 85.0 Å². The van der Waals surface area contributed by atoms with Crippen molar-refractivity contribution < 1.29 is 19.8 Å². The Hall–Kier alpha value is -1.14. The van der Waals surface area contributed by atoms with Gasteiger partial charge in [0.15, 0.2) is 0 Å². The summed E-state index contributed by atoms with van der Waals surface area (Å²) in [7, 11) is 0. The van der Waals surface area contributed by atoms with Crippen LogP contribution in [0.3, 0.4) is 0 Å². The molecule has 2 unspecified atom stereocenters. The van der Waals surface area contributed by atoms with E-state index < -0.39 is 18.2 Å². The Morgan fingerprint density at radius 3 is 1.96 bits per heavy atom. The van der Waals surface area contributed by atoms with Gasteiger partial charge in [-0.3, -0.25) is 9.59 Å². The van der Waals surface area contributed by atoms with Gasteiger partial charge in [0.1, 0.15) is 12.3 Å². The molecule has 0 spiro atoms. The molecule has 1 amide bonds. The Kier molecular flexibility index (Phi) is 14.5. The van der Waals surface area contributed by atoms with Crippen LogP contribution in [0.5, 0.6) is 0 Å². The Morgan fingerprint density at radius 1 is 0.960 bits per heavy atom. The largest absolute Gasteiger partial charge is 0.480 e. The van der Waals surface area contributed by atoms with E-state index in [4.69, 9.17) is 5.11 Å². The molecule has 0 aliphatic carbocycles. The zero-order chi connectivity index (χ0) is 19.1. The van der Waals surface area contributed by atoms with Crippen LogP contribution in [0.4, 0.5) is 0 Å². The first-order valence-corrected chi connectivity index (χ1v) is 9.83. The van der Waals surface area contributed by atoms with Gasteiger partial charge in [0, 0.05) is 19.5 Å².